The van der Waals surface area contributed by atoms with Crippen LogP contribution in [0.15, 0.2) is 47.4 Å². The molecule has 1 atom stereocenters. The number of carbonyl (C=O) groups is 1. The summed E-state index contributed by atoms with van der Waals surface area (Å²) < 4.78 is 55.1. The number of benzene rings is 3. The van der Waals surface area contributed by atoms with Gasteiger partial charge in [0.05, 0.1) is 16.3 Å². The Labute approximate surface area is 193 Å². The van der Waals surface area contributed by atoms with Gasteiger partial charge in [0.25, 0.3) is 0 Å². The average molecular weight is 500 g/mol. The number of phenols is 1. The first-order valence-corrected chi connectivity index (χ1v) is 10.9. The highest BCUT2D eigenvalue weighted by atomic mass is 35.5. The molecule has 166 valence electrons. The Morgan fingerprint density at radius 2 is 1.72 bits per heavy atom. The summed E-state index contributed by atoms with van der Waals surface area (Å²) in [5.41, 5.74) is -0.218. The van der Waals surface area contributed by atoms with E-state index in [2.05, 4.69) is 4.72 Å². The van der Waals surface area contributed by atoms with E-state index in [9.17, 15) is 22.9 Å². The average Bonchev–Trinajstić information content (AvgIpc) is 2.74. The Bertz CT molecular complexity index is 1270. The predicted octanol–water partition coefficient (Wildman–Crippen LogP) is 5.33. The van der Waals surface area contributed by atoms with Crippen molar-refractivity contribution < 1.29 is 32.4 Å². The summed E-state index contributed by atoms with van der Waals surface area (Å²) in [6.45, 7) is -0.283. The van der Waals surface area contributed by atoms with Crippen molar-refractivity contribution in [2.24, 2.45) is 0 Å². The van der Waals surface area contributed by atoms with Crippen molar-refractivity contribution in [3.05, 3.63) is 69.7 Å². The molecule has 0 spiro atoms. The highest BCUT2D eigenvalue weighted by Crippen LogP contribution is 2.38. The van der Waals surface area contributed by atoms with Crippen LogP contribution < -0.4 is 9.46 Å². The van der Waals surface area contributed by atoms with E-state index in [1.54, 1.807) is 0 Å². The van der Waals surface area contributed by atoms with Gasteiger partial charge in [0.1, 0.15) is 35.5 Å². The minimum absolute atomic E-state index is 0.0551. The van der Waals surface area contributed by atoms with Crippen molar-refractivity contribution in [1.29, 1.82) is 0 Å². The fraction of sp³-hybridized carbons (Fsp3) is 0.0952. The van der Waals surface area contributed by atoms with E-state index in [0.29, 0.717) is 11.1 Å². The molecule has 2 N–H and O–H groups in total. The molecule has 0 saturated heterocycles. The Balaban J connectivity index is 1.88. The van der Waals surface area contributed by atoms with Crippen molar-refractivity contribution in [1.82, 2.24) is 0 Å². The Morgan fingerprint density at radius 1 is 0.969 bits per heavy atom. The molecule has 1 aliphatic rings. The van der Waals surface area contributed by atoms with Gasteiger partial charge in [0, 0.05) is 22.2 Å². The zero-order valence-corrected chi connectivity index (χ0v) is 18.3. The minimum atomic E-state index is -2.27. The van der Waals surface area contributed by atoms with E-state index in [1.165, 1.54) is 18.2 Å². The number of anilines is 1. The van der Waals surface area contributed by atoms with Crippen LogP contribution >= 0.6 is 23.2 Å². The third kappa shape index (κ3) is 4.36. The molecule has 1 unspecified atom stereocenters. The summed E-state index contributed by atoms with van der Waals surface area (Å²) in [6, 6.07) is 8.40. The third-order valence-electron chi connectivity index (χ3n) is 4.53. The smallest absolute Gasteiger partial charge is 0.338 e. The number of esters is 1. The molecule has 3 aromatic carbocycles. The standard InChI is InChI=1S/C21H13Cl2F2NO5S/c22-11-1-2-12-13-8-17(16(25)9-15(13)24)26-32(29)19-6-10(5-14(23)20(19)27)21(28)31-4-3-30-18(12)7-11/h1-2,5-9,26-27H,3-4H2. The van der Waals surface area contributed by atoms with Gasteiger partial charge in [-0.05, 0) is 36.4 Å². The molecule has 4 rings (SSSR count). The van der Waals surface area contributed by atoms with Gasteiger partial charge in [0.2, 0.25) is 0 Å². The van der Waals surface area contributed by atoms with Crippen LogP contribution in [-0.4, -0.2) is 28.5 Å². The maximum absolute atomic E-state index is 14.7. The number of fused-ring (bicyclic) bond motifs is 6. The van der Waals surface area contributed by atoms with E-state index in [0.717, 1.165) is 18.2 Å². The molecule has 0 aromatic heterocycles. The van der Waals surface area contributed by atoms with Crippen molar-refractivity contribution in [3.63, 3.8) is 0 Å². The monoisotopic (exact) mass is 499 g/mol. The van der Waals surface area contributed by atoms with Crippen LogP contribution in [-0.2, 0) is 15.7 Å². The van der Waals surface area contributed by atoms with E-state index < -0.39 is 34.3 Å². The lowest BCUT2D eigenvalue weighted by Gasteiger charge is -2.15. The summed E-state index contributed by atoms with van der Waals surface area (Å²) in [7, 11) is -2.27. The van der Waals surface area contributed by atoms with Crippen molar-refractivity contribution in [3.8, 4) is 22.6 Å². The fourth-order valence-corrected chi connectivity index (χ4v) is 4.45. The predicted molar refractivity (Wildman–Crippen MR) is 116 cm³/mol. The first-order valence-electron chi connectivity index (χ1n) is 9.04. The van der Waals surface area contributed by atoms with Gasteiger partial charge >= 0.3 is 5.97 Å². The van der Waals surface area contributed by atoms with Crippen LogP contribution in [0.2, 0.25) is 10.0 Å². The zero-order valence-electron chi connectivity index (χ0n) is 16.0. The van der Waals surface area contributed by atoms with Gasteiger partial charge in [-0.15, -0.1) is 0 Å². The lowest BCUT2D eigenvalue weighted by atomic mass is 10.0. The molecule has 0 fully saturated rings. The van der Waals surface area contributed by atoms with Crippen LogP contribution in [0, 0.1) is 11.6 Å². The number of hydrogen-bond acceptors (Lipinski definition) is 5. The number of phenolic OH excluding ortho intramolecular Hbond substituents is 1. The summed E-state index contributed by atoms with van der Waals surface area (Å²) in [4.78, 5) is 12.1. The Hall–Kier alpha value is -2.88. The van der Waals surface area contributed by atoms with Gasteiger partial charge in [-0.1, -0.05) is 23.2 Å². The fourth-order valence-electron chi connectivity index (χ4n) is 3.03. The minimum Gasteiger partial charge on any atom is -0.505 e. The Morgan fingerprint density at radius 3 is 2.50 bits per heavy atom. The molecule has 1 heterocycles. The number of aromatic hydroxyl groups is 1. The quantitative estimate of drug-likeness (QED) is 0.408. The van der Waals surface area contributed by atoms with Crippen LogP contribution in [0.5, 0.6) is 11.5 Å². The summed E-state index contributed by atoms with van der Waals surface area (Å²) in [6.07, 6.45) is 0. The summed E-state index contributed by atoms with van der Waals surface area (Å²) in [5.74, 6) is -3.13. The molecule has 6 nitrogen and oxygen atoms in total. The van der Waals surface area contributed by atoms with Crippen LogP contribution in [0.3, 0.4) is 0 Å². The normalized spacial score (nSPS) is 16.0. The second-order valence-electron chi connectivity index (χ2n) is 6.61. The summed E-state index contributed by atoms with van der Waals surface area (Å²) >= 11 is 12.0. The van der Waals surface area contributed by atoms with Crippen molar-refractivity contribution in [2.45, 2.75) is 4.90 Å². The lowest BCUT2D eigenvalue weighted by molar-refractivity contribution is 0.0450. The van der Waals surface area contributed by atoms with E-state index in [4.69, 9.17) is 32.7 Å². The van der Waals surface area contributed by atoms with Gasteiger partial charge in [-0.3, -0.25) is 4.72 Å². The molecule has 3 aromatic rings. The Kier molecular flexibility index (Phi) is 6.23. The second kappa shape index (κ2) is 8.93. The molecule has 0 radical (unpaired) electrons. The number of nitrogens with one attached hydrogen (secondary N) is 1. The first kappa shape index (κ1) is 22.3. The second-order valence-corrected chi connectivity index (χ2v) is 8.64. The molecule has 0 saturated carbocycles. The molecule has 11 heteroatoms. The highest BCUT2D eigenvalue weighted by Gasteiger charge is 2.22. The molecule has 32 heavy (non-hydrogen) atoms. The van der Waals surface area contributed by atoms with Crippen LogP contribution in [0.4, 0.5) is 14.5 Å². The van der Waals surface area contributed by atoms with Crippen LogP contribution in [0.1, 0.15) is 10.4 Å². The van der Waals surface area contributed by atoms with E-state index in [-0.39, 0.29) is 51.3 Å². The lowest BCUT2D eigenvalue weighted by Crippen LogP contribution is -2.13. The number of halogens is 4. The maximum Gasteiger partial charge on any atom is 0.338 e. The number of carbonyl (C=O) groups excluding carboxylic acids is 1. The van der Waals surface area contributed by atoms with Gasteiger partial charge in [-0.2, -0.15) is 0 Å². The largest absolute Gasteiger partial charge is 0.505 e. The van der Waals surface area contributed by atoms with Crippen molar-refractivity contribution in [2.75, 3.05) is 17.9 Å². The molecule has 1 aliphatic heterocycles. The van der Waals surface area contributed by atoms with Gasteiger partial charge in [0.15, 0.2) is 16.7 Å². The molecule has 0 aliphatic carbocycles. The SMILES string of the molecule is O=C1OCCOc2cc(Cl)ccc2-c2cc(c(F)cc2F)NS(=O)c2cc1cc(Cl)c2O. The molecule has 0 amide bonds. The topological polar surface area (TPSA) is 84.9 Å². The van der Waals surface area contributed by atoms with Crippen molar-refractivity contribution >= 4 is 45.8 Å². The van der Waals surface area contributed by atoms with E-state index >= 15 is 0 Å². The third-order valence-corrected chi connectivity index (χ3v) is 6.17. The van der Waals surface area contributed by atoms with Crippen LogP contribution in [0.25, 0.3) is 11.1 Å². The summed E-state index contributed by atoms with van der Waals surface area (Å²) in [5, 5.41) is 10.3. The first-order chi connectivity index (χ1) is 15.2. The molecular formula is C21H13Cl2F2NO5S. The molecular weight excluding hydrogens is 487 g/mol. The maximum atomic E-state index is 14.7. The number of hydrogen-bond donors (Lipinski definition) is 2. The highest BCUT2D eigenvalue weighted by molar-refractivity contribution is 7.86. The van der Waals surface area contributed by atoms with E-state index in [1.807, 2.05) is 0 Å². The van der Waals surface area contributed by atoms with Gasteiger partial charge in [-0.25, -0.2) is 17.8 Å². The molecule has 4 bridgehead atoms. The number of cyclic esters (lactones) is 1. The van der Waals surface area contributed by atoms with Gasteiger partial charge < -0.3 is 14.6 Å². The number of ether oxygens (including phenoxy) is 2. The number of rotatable bonds is 0. The zero-order chi connectivity index (χ0) is 23.0.